The molecule has 0 unspecified atom stereocenters. The van der Waals surface area contributed by atoms with Gasteiger partial charge in [-0.1, -0.05) is 25.3 Å². The van der Waals surface area contributed by atoms with Crippen LogP contribution in [0.4, 0.5) is 0 Å². The predicted molar refractivity (Wildman–Crippen MR) is 105 cm³/mol. The van der Waals surface area contributed by atoms with Gasteiger partial charge in [0.15, 0.2) is 11.5 Å². The van der Waals surface area contributed by atoms with Gasteiger partial charge in [-0.25, -0.2) is 4.79 Å². The average molecular weight is 402 g/mol. The fourth-order valence-corrected chi connectivity index (χ4v) is 2.30. The van der Waals surface area contributed by atoms with Crippen molar-refractivity contribution in [2.24, 2.45) is 0 Å². The normalized spacial score (nSPS) is 10.1. The van der Waals surface area contributed by atoms with E-state index in [-0.39, 0.29) is 35.8 Å². The molecule has 1 aromatic heterocycles. The highest BCUT2D eigenvalue weighted by atomic mass is 16.7. The third-order valence-electron chi connectivity index (χ3n) is 3.63. The molecule has 0 atom stereocenters. The molecule has 0 fully saturated rings. The van der Waals surface area contributed by atoms with Crippen LogP contribution in [-0.2, 0) is 0 Å². The van der Waals surface area contributed by atoms with E-state index in [4.69, 9.17) is 14.3 Å². The predicted octanol–water partition coefficient (Wildman–Crippen LogP) is 2.00. The summed E-state index contributed by atoms with van der Waals surface area (Å²) in [5.41, 5.74) is -0.169. The van der Waals surface area contributed by atoms with Gasteiger partial charge in [0.25, 0.3) is 5.91 Å². The van der Waals surface area contributed by atoms with Crippen LogP contribution in [0, 0.1) is 0 Å². The fourth-order valence-electron chi connectivity index (χ4n) is 2.30. The van der Waals surface area contributed by atoms with Crippen LogP contribution in [0.25, 0.3) is 0 Å². The Balaban J connectivity index is 2.56. The summed E-state index contributed by atoms with van der Waals surface area (Å²) in [5.74, 6) is -2.08. The lowest BCUT2D eigenvalue weighted by Crippen LogP contribution is -2.27. The van der Waals surface area contributed by atoms with Crippen molar-refractivity contribution in [2.75, 3.05) is 27.3 Å². The summed E-state index contributed by atoms with van der Waals surface area (Å²) in [4.78, 5) is 31.7. The van der Waals surface area contributed by atoms with E-state index >= 15 is 0 Å². The van der Waals surface area contributed by atoms with Gasteiger partial charge in [0, 0.05) is 26.2 Å². The van der Waals surface area contributed by atoms with E-state index in [1.807, 2.05) is 0 Å². The smallest absolute Gasteiger partial charge is 0.364 e. The standard InChI is InChI=1S/C20H22N2O7/c1-5-9-27-15-11-13(19(25)21(3)4)14(12-16(15)28-10-6-2)20(26)29-22-17(23)7-8-18(22)24/h5-8,11-12,23-24H,1-2,9-10H2,3-4H3. The fraction of sp³-hybridized carbons (Fsp3) is 0.200. The van der Waals surface area contributed by atoms with Gasteiger partial charge in [-0.3, -0.25) is 4.79 Å². The summed E-state index contributed by atoms with van der Waals surface area (Å²) in [6, 6.07) is 4.92. The number of aromatic nitrogens is 1. The molecule has 1 aromatic carbocycles. The van der Waals surface area contributed by atoms with Gasteiger partial charge in [-0.2, -0.15) is 0 Å². The van der Waals surface area contributed by atoms with Gasteiger partial charge < -0.3 is 29.4 Å². The minimum absolute atomic E-state index is 0.0175. The molecule has 0 aliphatic heterocycles. The molecule has 2 rings (SSSR count). The summed E-state index contributed by atoms with van der Waals surface area (Å²) in [7, 11) is 3.04. The highest BCUT2D eigenvalue weighted by Crippen LogP contribution is 2.32. The van der Waals surface area contributed by atoms with E-state index in [1.165, 1.54) is 43.3 Å². The lowest BCUT2D eigenvalue weighted by atomic mass is 10.0. The van der Waals surface area contributed by atoms with Crippen molar-refractivity contribution in [3.63, 3.8) is 0 Å². The van der Waals surface area contributed by atoms with Crippen LogP contribution < -0.4 is 14.3 Å². The van der Waals surface area contributed by atoms with Crippen molar-refractivity contribution < 1.29 is 34.1 Å². The molecule has 9 nitrogen and oxygen atoms in total. The number of nitrogens with zero attached hydrogens (tertiary/aromatic N) is 2. The van der Waals surface area contributed by atoms with Crippen LogP contribution in [0.5, 0.6) is 23.3 Å². The topological polar surface area (TPSA) is 110 Å². The van der Waals surface area contributed by atoms with Crippen LogP contribution in [-0.4, -0.2) is 59.0 Å². The third kappa shape index (κ3) is 4.89. The van der Waals surface area contributed by atoms with Crippen LogP contribution in [0.3, 0.4) is 0 Å². The zero-order valence-corrected chi connectivity index (χ0v) is 16.1. The Morgan fingerprint density at radius 1 is 1.00 bits per heavy atom. The Labute approximate surface area is 167 Å². The highest BCUT2D eigenvalue weighted by molar-refractivity contribution is 6.06. The van der Waals surface area contributed by atoms with Gasteiger partial charge >= 0.3 is 5.97 Å². The molecule has 1 heterocycles. The number of rotatable bonds is 9. The average Bonchev–Trinajstić information content (AvgIpc) is 3.01. The molecule has 9 heteroatoms. The summed E-state index contributed by atoms with van der Waals surface area (Å²) >= 11 is 0. The molecule has 0 saturated heterocycles. The van der Waals surface area contributed by atoms with Gasteiger partial charge in [0.05, 0.1) is 11.1 Å². The summed E-state index contributed by atoms with van der Waals surface area (Å²) in [6.07, 6.45) is 3.02. The number of carbonyl (C=O) groups excluding carboxylic acids is 2. The van der Waals surface area contributed by atoms with Crippen LogP contribution in [0.15, 0.2) is 49.6 Å². The molecule has 2 N–H and O–H groups in total. The van der Waals surface area contributed by atoms with Crippen molar-refractivity contribution in [1.29, 1.82) is 0 Å². The summed E-state index contributed by atoms with van der Waals surface area (Å²) in [6.45, 7) is 7.42. The molecule has 0 aliphatic carbocycles. The summed E-state index contributed by atoms with van der Waals surface area (Å²) in [5, 5.41) is 19.4. The first-order chi connectivity index (χ1) is 13.8. The lowest BCUT2D eigenvalue weighted by Gasteiger charge is -2.18. The SMILES string of the molecule is C=CCOc1cc(C(=O)On2c(O)ccc2O)c(C(=O)N(C)C)cc1OCC=C. The zero-order valence-electron chi connectivity index (χ0n) is 16.1. The number of benzene rings is 1. The molecule has 0 saturated carbocycles. The molecule has 1 amide bonds. The van der Waals surface area contributed by atoms with Crippen molar-refractivity contribution in [3.8, 4) is 23.3 Å². The third-order valence-corrected chi connectivity index (χ3v) is 3.63. The first-order valence-corrected chi connectivity index (χ1v) is 8.49. The molecular weight excluding hydrogens is 380 g/mol. The van der Waals surface area contributed by atoms with Crippen molar-refractivity contribution in [3.05, 3.63) is 60.7 Å². The minimum atomic E-state index is -1.00. The van der Waals surface area contributed by atoms with E-state index < -0.39 is 23.6 Å². The van der Waals surface area contributed by atoms with E-state index in [9.17, 15) is 19.8 Å². The van der Waals surface area contributed by atoms with Crippen LogP contribution in [0.2, 0.25) is 0 Å². The van der Waals surface area contributed by atoms with Crippen molar-refractivity contribution in [2.45, 2.75) is 0 Å². The van der Waals surface area contributed by atoms with Gasteiger partial charge in [0.2, 0.25) is 11.8 Å². The van der Waals surface area contributed by atoms with Crippen molar-refractivity contribution in [1.82, 2.24) is 9.63 Å². The summed E-state index contributed by atoms with van der Waals surface area (Å²) < 4.78 is 11.6. The Hall–Kier alpha value is -3.88. The van der Waals surface area contributed by atoms with Gasteiger partial charge in [0.1, 0.15) is 13.2 Å². The number of hydrogen-bond acceptors (Lipinski definition) is 7. The number of ether oxygens (including phenoxy) is 2. The molecule has 0 aliphatic rings. The molecule has 154 valence electrons. The number of hydrogen-bond donors (Lipinski definition) is 2. The Bertz CT molecular complexity index is 912. The molecule has 0 radical (unpaired) electrons. The number of aromatic hydroxyl groups is 2. The molecule has 0 bridgehead atoms. The maximum Gasteiger partial charge on any atom is 0.364 e. The highest BCUT2D eigenvalue weighted by Gasteiger charge is 2.25. The quantitative estimate of drug-likeness (QED) is 0.617. The minimum Gasteiger partial charge on any atom is -0.492 e. The first-order valence-electron chi connectivity index (χ1n) is 8.49. The van der Waals surface area contributed by atoms with Crippen LogP contribution >= 0.6 is 0 Å². The molecule has 29 heavy (non-hydrogen) atoms. The monoisotopic (exact) mass is 402 g/mol. The van der Waals surface area contributed by atoms with E-state index in [0.29, 0.717) is 4.73 Å². The van der Waals surface area contributed by atoms with Crippen LogP contribution in [0.1, 0.15) is 20.7 Å². The number of amides is 1. The lowest BCUT2D eigenvalue weighted by molar-refractivity contribution is 0.0377. The maximum absolute atomic E-state index is 12.7. The maximum atomic E-state index is 12.7. The molecular formula is C20H22N2O7. The molecule has 0 spiro atoms. The second kappa shape index (κ2) is 9.36. The van der Waals surface area contributed by atoms with Gasteiger partial charge in [-0.05, 0) is 12.1 Å². The van der Waals surface area contributed by atoms with E-state index in [0.717, 1.165) is 12.1 Å². The number of carbonyl (C=O) groups is 2. The van der Waals surface area contributed by atoms with Gasteiger partial charge in [-0.15, -0.1) is 4.73 Å². The van der Waals surface area contributed by atoms with Crippen molar-refractivity contribution >= 4 is 11.9 Å². The second-order valence-corrected chi connectivity index (χ2v) is 5.97. The first kappa shape index (κ1) is 21.4. The Morgan fingerprint density at radius 2 is 1.48 bits per heavy atom. The van der Waals surface area contributed by atoms with E-state index in [2.05, 4.69) is 13.2 Å². The zero-order chi connectivity index (χ0) is 21.6. The Morgan fingerprint density at radius 3 is 1.93 bits per heavy atom. The van der Waals surface area contributed by atoms with E-state index in [1.54, 1.807) is 0 Å². The largest absolute Gasteiger partial charge is 0.492 e. The molecule has 2 aromatic rings. The second-order valence-electron chi connectivity index (χ2n) is 5.97. The Kier molecular flexibility index (Phi) is 6.91.